The quantitative estimate of drug-likeness (QED) is 0.458. The van der Waals surface area contributed by atoms with E-state index in [0.717, 1.165) is 17.5 Å². The van der Waals surface area contributed by atoms with Crippen LogP contribution in [0.1, 0.15) is 34.1 Å². The van der Waals surface area contributed by atoms with E-state index in [1.54, 1.807) is 0 Å². The summed E-state index contributed by atoms with van der Waals surface area (Å²) in [5, 5.41) is 2.73. The van der Waals surface area contributed by atoms with Crippen LogP contribution >= 0.6 is 22.6 Å². The third-order valence-corrected chi connectivity index (χ3v) is 2.32. The van der Waals surface area contributed by atoms with Crippen LogP contribution in [0, 0.1) is 0 Å². The Morgan fingerprint density at radius 3 is 2.56 bits per heavy atom. The molecule has 0 saturated carbocycles. The maximum absolute atomic E-state index is 11.4. The smallest absolute Gasteiger partial charge is 0.407 e. The molecule has 0 aromatic heterocycles. The van der Waals surface area contributed by atoms with Crippen molar-refractivity contribution in [2.45, 2.75) is 45.8 Å². The van der Waals surface area contributed by atoms with Crippen LogP contribution in [0.5, 0.6) is 0 Å². The largest absolute Gasteiger partial charge is 0.444 e. The number of halogens is 1. The van der Waals surface area contributed by atoms with Crippen LogP contribution in [0.2, 0.25) is 0 Å². The van der Waals surface area contributed by atoms with E-state index in [1.807, 2.05) is 27.7 Å². The Morgan fingerprint density at radius 2 is 2.06 bits per heavy atom. The molecule has 0 bridgehead atoms. The Labute approximate surface area is 112 Å². The molecule has 0 fully saturated rings. The molecule has 96 valence electrons. The molecule has 16 heavy (non-hydrogen) atoms. The first-order chi connectivity index (χ1) is 7.35. The lowest BCUT2D eigenvalue weighted by molar-refractivity contribution is 0.0454. The van der Waals surface area contributed by atoms with Crippen LogP contribution in [-0.2, 0) is 9.47 Å². The molecule has 1 unspecified atom stereocenters. The molecule has 0 spiro atoms. The van der Waals surface area contributed by atoms with Crippen LogP contribution in [0.3, 0.4) is 0 Å². The van der Waals surface area contributed by atoms with Crippen LogP contribution in [0.4, 0.5) is 4.79 Å². The molecule has 0 radical (unpaired) electrons. The Balaban J connectivity index is 3.62. The van der Waals surface area contributed by atoms with Gasteiger partial charge in [0.15, 0.2) is 0 Å². The zero-order valence-corrected chi connectivity index (χ0v) is 12.7. The van der Waals surface area contributed by atoms with Gasteiger partial charge in [0, 0.05) is 11.0 Å². The fourth-order valence-electron chi connectivity index (χ4n) is 0.967. The van der Waals surface area contributed by atoms with Crippen molar-refractivity contribution < 1.29 is 14.3 Å². The van der Waals surface area contributed by atoms with E-state index in [1.165, 1.54) is 0 Å². The van der Waals surface area contributed by atoms with Crippen molar-refractivity contribution in [3.63, 3.8) is 0 Å². The van der Waals surface area contributed by atoms with Crippen molar-refractivity contribution in [3.05, 3.63) is 0 Å². The van der Waals surface area contributed by atoms with Crippen molar-refractivity contribution in [1.82, 2.24) is 5.32 Å². The van der Waals surface area contributed by atoms with Crippen molar-refractivity contribution in [2.75, 3.05) is 17.6 Å². The summed E-state index contributed by atoms with van der Waals surface area (Å²) in [5.74, 6) is 0. The summed E-state index contributed by atoms with van der Waals surface area (Å²) in [6.07, 6.45) is 0.650. The summed E-state index contributed by atoms with van der Waals surface area (Å²) in [6.45, 7) is 8.68. The number of nitrogens with one attached hydrogen (secondary N) is 1. The molecular weight excluding hydrogens is 321 g/mol. The summed E-state index contributed by atoms with van der Waals surface area (Å²) in [7, 11) is 0. The molecule has 0 aromatic carbocycles. The maximum atomic E-state index is 11.4. The molecule has 0 saturated heterocycles. The van der Waals surface area contributed by atoms with Gasteiger partial charge in [0.2, 0.25) is 0 Å². The average Bonchev–Trinajstić information content (AvgIpc) is 2.09. The van der Waals surface area contributed by atoms with Crippen LogP contribution < -0.4 is 5.32 Å². The van der Waals surface area contributed by atoms with E-state index >= 15 is 0 Å². The molecule has 5 heteroatoms. The number of alkyl carbamates (subject to hydrolysis) is 1. The number of alkyl halides is 1. The van der Waals surface area contributed by atoms with Crippen molar-refractivity contribution in [1.29, 1.82) is 0 Å². The average molecular weight is 343 g/mol. The first-order valence-electron chi connectivity index (χ1n) is 5.48. The number of hydrogen-bond donors (Lipinski definition) is 1. The first kappa shape index (κ1) is 16.0. The monoisotopic (exact) mass is 343 g/mol. The molecule has 4 nitrogen and oxygen atoms in total. The molecule has 0 heterocycles. The van der Waals surface area contributed by atoms with Crippen LogP contribution in [0.25, 0.3) is 0 Å². The standard InChI is InChI=1S/C11H22INO3/c1-9(8-15-7-5-6-12)13-10(14)16-11(2,3)4/h9H,5-8H2,1-4H3,(H,13,14). The minimum atomic E-state index is -0.453. The summed E-state index contributed by atoms with van der Waals surface area (Å²) in [6, 6.07) is -0.0240. The van der Waals surface area contributed by atoms with Crippen molar-refractivity contribution in [2.24, 2.45) is 0 Å². The Morgan fingerprint density at radius 1 is 1.44 bits per heavy atom. The second-order valence-electron chi connectivity index (χ2n) is 4.66. The summed E-state index contributed by atoms with van der Waals surface area (Å²) in [4.78, 5) is 11.4. The van der Waals surface area contributed by atoms with Gasteiger partial charge in [-0.25, -0.2) is 4.79 Å². The second kappa shape index (κ2) is 8.11. The van der Waals surface area contributed by atoms with Crippen molar-refractivity contribution >= 4 is 28.7 Å². The summed E-state index contributed by atoms with van der Waals surface area (Å²) in [5.41, 5.74) is -0.453. The van der Waals surface area contributed by atoms with E-state index in [2.05, 4.69) is 27.9 Å². The number of ether oxygens (including phenoxy) is 2. The molecule has 1 atom stereocenters. The highest BCUT2D eigenvalue weighted by Gasteiger charge is 2.17. The van der Waals surface area contributed by atoms with Gasteiger partial charge in [-0.3, -0.25) is 0 Å². The topological polar surface area (TPSA) is 47.6 Å². The summed E-state index contributed by atoms with van der Waals surface area (Å²) < 4.78 is 11.6. The third-order valence-electron chi connectivity index (χ3n) is 1.55. The van der Waals surface area contributed by atoms with Gasteiger partial charge in [0.25, 0.3) is 0 Å². The van der Waals surface area contributed by atoms with Gasteiger partial charge >= 0.3 is 6.09 Å². The minimum Gasteiger partial charge on any atom is -0.444 e. The lowest BCUT2D eigenvalue weighted by atomic mass is 10.2. The van der Waals surface area contributed by atoms with Crippen LogP contribution in [-0.4, -0.2) is 35.4 Å². The van der Waals surface area contributed by atoms with E-state index in [-0.39, 0.29) is 6.04 Å². The van der Waals surface area contributed by atoms with E-state index in [4.69, 9.17) is 9.47 Å². The van der Waals surface area contributed by atoms with Gasteiger partial charge in [-0.1, -0.05) is 22.6 Å². The molecule has 0 aliphatic carbocycles. The second-order valence-corrected chi connectivity index (χ2v) is 5.74. The molecule has 1 N–H and O–H groups in total. The molecule has 0 aliphatic rings. The molecule has 1 amide bonds. The van der Waals surface area contributed by atoms with Gasteiger partial charge in [0.1, 0.15) is 5.60 Å². The van der Waals surface area contributed by atoms with Gasteiger partial charge in [-0.05, 0) is 34.1 Å². The van der Waals surface area contributed by atoms with E-state index in [9.17, 15) is 4.79 Å². The number of rotatable bonds is 6. The minimum absolute atomic E-state index is 0.0240. The maximum Gasteiger partial charge on any atom is 0.407 e. The zero-order valence-electron chi connectivity index (χ0n) is 10.5. The SMILES string of the molecule is CC(COCCCI)NC(=O)OC(C)(C)C. The van der Waals surface area contributed by atoms with Crippen LogP contribution in [0.15, 0.2) is 0 Å². The van der Waals surface area contributed by atoms with Gasteiger partial charge < -0.3 is 14.8 Å². The predicted octanol–water partition coefficient (Wildman–Crippen LogP) is 2.74. The Hall–Kier alpha value is -0.0400. The van der Waals surface area contributed by atoms with Gasteiger partial charge in [0.05, 0.1) is 12.6 Å². The highest BCUT2D eigenvalue weighted by atomic mass is 127. The van der Waals surface area contributed by atoms with Gasteiger partial charge in [-0.2, -0.15) is 0 Å². The summed E-state index contributed by atoms with van der Waals surface area (Å²) >= 11 is 2.31. The zero-order chi connectivity index (χ0) is 12.6. The number of carbonyl (C=O) groups excluding carboxylic acids is 1. The number of hydrogen-bond acceptors (Lipinski definition) is 3. The first-order valence-corrected chi connectivity index (χ1v) is 7.01. The Kier molecular flexibility index (Phi) is 8.09. The van der Waals surface area contributed by atoms with Gasteiger partial charge in [-0.15, -0.1) is 0 Å². The molecule has 0 aromatic rings. The lowest BCUT2D eigenvalue weighted by Gasteiger charge is -2.21. The fourth-order valence-corrected chi connectivity index (χ4v) is 1.28. The van der Waals surface area contributed by atoms with E-state index in [0.29, 0.717) is 6.61 Å². The number of carbonyl (C=O) groups is 1. The normalized spacial score (nSPS) is 13.3. The number of amides is 1. The van der Waals surface area contributed by atoms with Crippen molar-refractivity contribution in [3.8, 4) is 0 Å². The van der Waals surface area contributed by atoms with E-state index < -0.39 is 11.7 Å². The Bertz CT molecular complexity index is 204. The highest BCUT2D eigenvalue weighted by molar-refractivity contribution is 14.1. The predicted molar refractivity (Wildman–Crippen MR) is 73.2 cm³/mol. The molecular formula is C11H22INO3. The highest BCUT2D eigenvalue weighted by Crippen LogP contribution is 2.06. The molecule has 0 aliphatic heterocycles. The third kappa shape index (κ3) is 10.5. The lowest BCUT2D eigenvalue weighted by Crippen LogP contribution is -2.39. The fraction of sp³-hybridized carbons (Fsp3) is 0.909. The molecule has 0 rings (SSSR count).